The molecule has 0 radical (unpaired) electrons. The summed E-state index contributed by atoms with van der Waals surface area (Å²) in [6.45, 7) is 2.71. The molecule has 1 aromatic rings. The Labute approximate surface area is 114 Å². The number of anilines is 2. The summed E-state index contributed by atoms with van der Waals surface area (Å²) in [6.07, 6.45) is 3.32. The summed E-state index contributed by atoms with van der Waals surface area (Å²) in [5, 5.41) is 3.28. The van der Waals surface area contributed by atoms with E-state index in [0.717, 1.165) is 25.7 Å². The topological polar surface area (TPSA) is 81.4 Å². The van der Waals surface area contributed by atoms with E-state index in [2.05, 4.69) is 5.32 Å². The van der Waals surface area contributed by atoms with Crippen LogP contribution in [0.4, 0.5) is 11.4 Å². The van der Waals surface area contributed by atoms with Crippen LogP contribution < -0.4 is 11.1 Å². The molecule has 0 heterocycles. The molecule has 3 N–H and O–H groups in total. The van der Waals surface area contributed by atoms with Crippen LogP contribution in [-0.4, -0.2) is 33.4 Å². The Bertz CT molecular complexity index is 551. The molecule has 0 amide bonds. The summed E-state index contributed by atoms with van der Waals surface area (Å²) in [7, 11) is -3.29. The summed E-state index contributed by atoms with van der Waals surface area (Å²) >= 11 is 0. The second-order valence-corrected chi connectivity index (χ2v) is 6.86. The van der Waals surface area contributed by atoms with Crippen LogP contribution in [0.2, 0.25) is 0 Å². The van der Waals surface area contributed by atoms with Crippen molar-refractivity contribution in [3.8, 4) is 0 Å². The fraction of sp³-hybridized carbons (Fsp3) is 0.538. The fourth-order valence-corrected chi connectivity index (χ4v) is 3.10. The Kier molecular flexibility index (Phi) is 4.01. The molecule has 1 aliphatic carbocycles. The first-order chi connectivity index (χ1) is 8.91. The lowest BCUT2D eigenvalue weighted by molar-refractivity contribution is 0.00300. The van der Waals surface area contributed by atoms with E-state index in [1.165, 1.54) is 6.07 Å². The molecular formula is C13H20N2O3S. The molecule has 5 nitrogen and oxygen atoms in total. The van der Waals surface area contributed by atoms with Gasteiger partial charge in [-0.2, -0.15) is 0 Å². The smallest absolute Gasteiger partial charge is 0.177 e. The summed E-state index contributed by atoms with van der Waals surface area (Å²) in [4.78, 5) is 0.179. The van der Waals surface area contributed by atoms with E-state index >= 15 is 0 Å². The SMILES string of the molecule is CCOC1CC(Nc2cccc(S(C)(=O)=O)c2N)C1. The van der Waals surface area contributed by atoms with E-state index in [4.69, 9.17) is 10.5 Å². The van der Waals surface area contributed by atoms with Crippen molar-refractivity contribution >= 4 is 21.2 Å². The van der Waals surface area contributed by atoms with Crippen molar-refractivity contribution in [3.63, 3.8) is 0 Å². The molecule has 1 fully saturated rings. The molecule has 0 aromatic heterocycles. The van der Waals surface area contributed by atoms with Crippen molar-refractivity contribution in [2.75, 3.05) is 23.9 Å². The van der Waals surface area contributed by atoms with E-state index in [1.807, 2.05) is 6.92 Å². The van der Waals surface area contributed by atoms with E-state index in [-0.39, 0.29) is 4.90 Å². The molecule has 1 saturated carbocycles. The van der Waals surface area contributed by atoms with E-state index in [1.54, 1.807) is 12.1 Å². The Morgan fingerprint density at radius 1 is 1.42 bits per heavy atom. The van der Waals surface area contributed by atoms with Gasteiger partial charge in [0.05, 0.1) is 22.4 Å². The van der Waals surface area contributed by atoms with Crippen LogP contribution >= 0.6 is 0 Å². The molecule has 0 bridgehead atoms. The van der Waals surface area contributed by atoms with Crippen LogP contribution in [-0.2, 0) is 14.6 Å². The van der Waals surface area contributed by atoms with E-state index in [9.17, 15) is 8.42 Å². The maximum absolute atomic E-state index is 11.6. The second-order valence-electron chi connectivity index (χ2n) is 4.88. The molecule has 19 heavy (non-hydrogen) atoms. The third kappa shape index (κ3) is 3.19. The van der Waals surface area contributed by atoms with Gasteiger partial charge in [0, 0.05) is 18.9 Å². The van der Waals surface area contributed by atoms with Gasteiger partial charge in [0.15, 0.2) is 9.84 Å². The van der Waals surface area contributed by atoms with Crippen LogP contribution in [0.15, 0.2) is 23.1 Å². The Morgan fingerprint density at radius 2 is 2.11 bits per heavy atom. The molecule has 0 saturated heterocycles. The van der Waals surface area contributed by atoms with Crippen molar-refractivity contribution in [2.45, 2.75) is 36.8 Å². The van der Waals surface area contributed by atoms with Gasteiger partial charge in [-0.05, 0) is 31.9 Å². The number of hydrogen-bond acceptors (Lipinski definition) is 5. The van der Waals surface area contributed by atoms with Crippen molar-refractivity contribution in [1.29, 1.82) is 0 Å². The highest BCUT2D eigenvalue weighted by Crippen LogP contribution is 2.31. The van der Waals surface area contributed by atoms with Gasteiger partial charge in [0.2, 0.25) is 0 Å². The summed E-state index contributed by atoms with van der Waals surface area (Å²) in [5.41, 5.74) is 6.90. The maximum Gasteiger partial charge on any atom is 0.177 e. The second kappa shape index (κ2) is 5.38. The number of ether oxygens (including phenoxy) is 1. The fourth-order valence-electron chi connectivity index (χ4n) is 2.27. The number of nitrogen functional groups attached to an aromatic ring is 1. The van der Waals surface area contributed by atoms with Gasteiger partial charge in [0.1, 0.15) is 0 Å². The van der Waals surface area contributed by atoms with Crippen LogP contribution in [0.3, 0.4) is 0 Å². The minimum absolute atomic E-state index is 0.179. The molecule has 2 rings (SSSR count). The minimum Gasteiger partial charge on any atom is -0.396 e. The molecule has 0 unspecified atom stereocenters. The Hall–Kier alpha value is -1.27. The molecule has 0 aliphatic heterocycles. The van der Waals surface area contributed by atoms with Crippen molar-refractivity contribution in [1.82, 2.24) is 0 Å². The summed E-state index contributed by atoms with van der Waals surface area (Å²) in [5.74, 6) is 0. The van der Waals surface area contributed by atoms with Crippen LogP contribution in [0.1, 0.15) is 19.8 Å². The predicted octanol–water partition coefficient (Wildman–Crippen LogP) is 1.65. The number of sulfone groups is 1. The molecule has 1 aliphatic rings. The third-order valence-corrected chi connectivity index (χ3v) is 4.48. The lowest BCUT2D eigenvalue weighted by Gasteiger charge is -2.36. The number of nitrogens with two attached hydrogens (primary N) is 1. The average Bonchev–Trinajstić information content (AvgIpc) is 2.27. The van der Waals surface area contributed by atoms with E-state index < -0.39 is 9.84 Å². The van der Waals surface area contributed by atoms with Gasteiger partial charge >= 0.3 is 0 Å². The first kappa shape index (κ1) is 14.1. The monoisotopic (exact) mass is 284 g/mol. The van der Waals surface area contributed by atoms with Crippen molar-refractivity contribution < 1.29 is 13.2 Å². The number of para-hydroxylation sites is 1. The van der Waals surface area contributed by atoms with Gasteiger partial charge in [0.25, 0.3) is 0 Å². The zero-order chi connectivity index (χ0) is 14.0. The highest BCUT2D eigenvalue weighted by atomic mass is 32.2. The Balaban J connectivity index is 2.07. The first-order valence-electron chi connectivity index (χ1n) is 6.38. The molecule has 0 atom stereocenters. The summed E-state index contributed by atoms with van der Waals surface area (Å²) < 4.78 is 28.7. The molecule has 0 spiro atoms. The van der Waals surface area contributed by atoms with Gasteiger partial charge in [-0.3, -0.25) is 0 Å². The van der Waals surface area contributed by atoms with Gasteiger partial charge in [-0.1, -0.05) is 6.07 Å². The molecule has 6 heteroatoms. The lowest BCUT2D eigenvalue weighted by atomic mass is 9.89. The van der Waals surface area contributed by atoms with Crippen LogP contribution in [0, 0.1) is 0 Å². The highest BCUT2D eigenvalue weighted by Gasteiger charge is 2.30. The largest absolute Gasteiger partial charge is 0.396 e. The molecule has 106 valence electrons. The highest BCUT2D eigenvalue weighted by molar-refractivity contribution is 7.90. The van der Waals surface area contributed by atoms with Crippen LogP contribution in [0.5, 0.6) is 0 Å². The molecular weight excluding hydrogens is 264 g/mol. The number of benzene rings is 1. The predicted molar refractivity (Wildman–Crippen MR) is 76.0 cm³/mol. The van der Waals surface area contributed by atoms with E-state index in [0.29, 0.717) is 23.5 Å². The van der Waals surface area contributed by atoms with Gasteiger partial charge < -0.3 is 15.8 Å². The standard InChI is InChI=1S/C13H20N2O3S/c1-3-18-10-7-9(8-10)15-11-5-4-6-12(13(11)14)19(2,16)17/h4-6,9-10,15H,3,7-8,14H2,1-2H3. The Morgan fingerprint density at radius 3 is 2.68 bits per heavy atom. The first-order valence-corrected chi connectivity index (χ1v) is 8.27. The van der Waals surface area contributed by atoms with Crippen molar-refractivity contribution in [2.24, 2.45) is 0 Å². The summed E-state index contributed by atoms with van der Waals surface area (Å²) in [6, 6.07) is 5.33. The third-order valence-electron chi connectivity index (χ3n) is 3.32. The quantitative estimate of drug-likeness (QED) is 0.804. The van der Waals surface area contributed by atoms with Crippen LogP contribution in [0.25, 0.3) is 0 Å². The normalized spacial score (nSPS) is 22.8. The molecule has 1 aromatic carbocycles. The van der Waals surface area contributed by atoms with Crippen molar-refractivity contribution in [3.05, 3.63) is 18.2 Å². The number of hydrogen-bond donors (Lipinski definition) is 2. The van der Waals surface area contributed by atoms with Gasteiger partial charge in [-0.15, -0.1) is 0 Å². The zero-order valence-electron chi connectivity index (χ0n) is 11.2. The average molecular weight is 284 g/mol. The zero-order valence-corrected chi connectivity index (χ0v) is 12.0. The number of nitrogens with one attached hydrogen (secondary N) is 1. The minimum atomic E-state index is -3.29. The maximum atomic E-state index is 11.6. The van der Waals surface area contributed by atoms with Gasteiger partial charge in [-0.25, -0.2) is 8.42 Å². The number of rotatable bonds is 5. The lowest BCUT2D eigenvalue weighted by Crippen LogP contribution is -2.41.